The van der Waals surface area contributed by atoms with Crippen LogP contribution in [0.5, 0.6) is 5.75 Å². The summed E-state index contributed by atoms with van der Waals surface area (Å²) in [4.78, 5) is 29.0. The van der Waals surface area contributed by atoms with Crippen LogP contribution in [0.15, 0.2) is 53.7 Å². The van der Waals surface area contributed by atoms with Crippen molar-refractivity contribution in [1.82, 2.24) is 14.9 Å². The highest BCUT2D eigenvalue weighted by Gasteiger charge is 2.16. The number of hydrogen-bond donors (Lipinski definition) is 1. The molecule has 0 fully saturated rings. The van der Waals surface area contributed by atoms with Gasteiger partial charge in [0.1, 0.15) is 11.3 Å². The third-order valence-corrected chi connectivity index (χ3v) is 3.83. The van der Waals surface area contributed by atoms with Crippen molar-refractivity contribution in [2.45, 2.75) is 6.54 Å². The lowest BCUT2D eigenvalue weighted by atomic mass is 10.1. The first-order valence-corrected chi connectivity index (χ1v) is 7.45. The summed E-state index contributed by atoms with van der Waals surface area (Å²) in [5.74, 6) is 0.188. The van der Waals surface area contributed by atoms with Gasteiger partial charge in [0, 0.05) is 32.2 Å². The average Bonchev–Trinajstić information content (AvgIpc) is 2.62. The Morgan fingerprint density at radius 2 is 2.00 bits per heavy atom. The molecule has 122 valence electrons. The normalized spacial score (nSPS) is 10.6. The maximum atomic E-state index is 12.7. The molecular formula is C18H17N3O3. The molecule has 0 spiro atoms. The zero-order valence-electron chi connectivity index (χ0n) is 13.4. The second-order valence-corrected chi connectivity index (χ2v) is 5.38. The Kier molecular flexibility index (Phi) is 4.29. The molecule has 0 aliphatic carbocycles. The lowest BCUT2D eigenvalue weighted by Gasteiger charge is -2.12. The molecule has 2 heterocycles. The summed E-state index contributed by atoms with van der Waals surface area (Å²) in [7, 11) is 3.33. The van der Waals surface area contributed by atoms with Crippen molar-refractivity contribution in [3.8, 4) is 5.75 Å². The number of rotatable bonds is 4. The maximum Gasteiger partial charge on any atom is 0.257 e. The molecule has 1 N–H and O–H groups in total. The molecular weight excluding hydrogens is 306 g/mol. The second-order valence-electron chi connectivity index (χ2n) is 5.38. The minimum Gasteiger partial charge on any atom is -0.495 e. The zero-order chi connectivity index (χ0) is 17.1. The van der Waals surface area contributed by atoms with Crippen molar-refractivity contribution in [3.05, 3.63) is 70.3 Å². The van der Waals surface area contributed by atoms with Gasteiger partial charge in [0.25, 0.3) is 5.91 Å². The highest BCUT2D eigenvalue weighted by molar-refractivity contribution is 5.98. The van der Waals surface area contributed by atoms with Crippen molar-refractivity contribution in [3.63, 3.8) is 0 Å². The molecule has 3 aromatic rings. The number of pyridine rings is 2. The van der Waals surface area contributed by atoms with Gasteiger partial charge >= 0.3 is 0 Å². The van der Waals surface area contributed by atoms with Crippen molar-refractivity contribution in [1.29, 1.82) is 0 Å². The summed E-state index contributed by atoms with van der Waals surface area (Å²) < 4.78 is 7.04. The van der Waals surface area contributed by atoms with Crippen LogP contribution in [-0.4, -0.2) is 22.6 Å². The fourth-order valence-corrected chi connectivity index (χ4v) is 2.64. The maximum absolute atomic E-state index is 12.7. The number of carbonyl (C=O) groups is 1. The summed E-state index contributed by atoms with van der Waals surface area (Å²) in [5.41, 5.74) is 1.37. The van der Waals surface area contributed by atoms with E-state index in [0.717, 1.165) is 5.56 Å². The molecule has 6 nitrogen and oxygen atoms in total. The molecule has 6 heteroatoms. The molecule has 0 aliphatic heterocycles. The molecule has 0 bridgehead atoms. The van der Waals surface area contributed by atoms with Gasteiger partial charge in [0.05, 0.1) is 18.0 Å². The molecule has 0 saturated heterocycles. The summed E-state index contributed by atoms with van der Waals surface area (Å²) in [5, 5.41) is 3.22. The number of ether oxygens (including phenoxy) is 1. The smallest absolute Gasteiger partial charge is 0.257 e. The van der Waals surface area contributed by atoms with Crippen molar-refractivity contribution in [2.24, 2.45) is 7.05 Å². The molecule has 0 unspecified atom stereocenters. The molecule has 3 rings (SSSR count). The molecule has 0 radical (unpaired) electrons. The number of amides is 1. The van der Waals surface area contributed by atoms with Crippen LogP contribution in [0.2, 0.25) is 0 Å². The largest absolute Gasteiger partial charge is 0.495 e. The van der Waals surface area contributed by atoms with E-state index in [2.05, 4.69) is 10.3 Å². The average molecular weight is 323 g/mol. The SMILES string of the molecule is COc1cccc2c(=O)c(C(=O)NCc3ccncc3)cn(C)c12. The highest BCUT2D eigenvalue weighted by atomic mass is 16.5. The summed E-state index contributed by atoms with van der Waals surface area (Å²) in [6.07, 6.45) is 4.85. The van der Waals surface area contributed by atoms with E-state index in [4.69, 9.17) is 4.74 Å². The first-order valence-electron chi connectivity index (χ1n) is 7.45. The van der Waals surface area contributed by atoms with E-state index in [-0.39, 0.29) is 11.0 Å². The van der Waals surface area contributed by atoms with Gasteiger partial charge in [-0.2, -0.15) is 0 Å². The third kappa shape index (κ3) is 2.86. The van der Waals surface area contributed by atoms with Gasteiger partial charge in [0.2, 0.25) is 5.43 Å². The second kappa shape index (κ2) is 6.54. The minimum absolute atomic E-state index is 0.104. The molecule has 1 aromatic carbocycles. The Labute approximate surface area is 138 Å². The Balaban J connectivity index is 1.96. The van der Waals surface area contributed by atoms with Crippen LogP contribution in [0.1, 0.15) is 15.9 Å². The number of benzene rings is 1. The van der Waals surface area contributed by atoms with Crippen LogP contribution in [0.25, 0.3) is 10.9 Å². The van der Waals surface area contributed by atoms with Crippen LogP contribution in [0.3, 0.4) is 0 Å². The van der Waals surface area contributed by atoms with Crippen molar-refractivity contribution >= 4 is 16.8 Å². The Morgan fingerprint density at radius 1 is 1.25 bits per heavy atom. The first kappa shape index (κ1) is 15.7. The topological polar surface area (TPSA) is 73.2 Å². The predicted molar refractivity (Wildman–Crippen MR) is 91.1 cm³/mol. The van der Waals surface area contributed by atoms with Crippen LogP contribution < -0.4 is 15.5 Å². The van der Waals surface area contributed by atoms with E-state index in [1.807, 2.05) is 12.1 Å². The van der Waals surface area contributed by atoms with Gasteiger partial charge in [-0.15, -0.1) is 0 Å². The van der Waals surface area contributed by atoms with E-state index in [0.29, 0.717) is 23.2 Å². The minimum atomic E-state index is -0.405. The molecule has 1 amide bonds. The monoisotopic (exact) mass is 323 g/mol. The van der Waals surface area contributed by atoms with Crippen LogP contribution in [0, 0.1) is 0 Å². The van der Waals surface area contributed by atoms with Crippen LogP contribution in [-0.2, 0) is 13.6 Å². The zero-order valence-corrected chi connectivity index (χ0v) is 13.4. The fraction of sp³-hybridized carbons (Fsp3) is 0.167. The number of nitrogens with one attached hydrogen (secondary N) is 1. The third-order valence-electron chi connectivity index (χ3n) is 3.83. The van der Waals surface area contributed by atoms with Gasteiger partial charge < -0.3 is 14.6 Å². The Hall–Kier alpha value is -3.15. The van der Waals surface area contributed by atoms with Gasteiger partial charge in [-0.3, -0.25) is 14.6 Å². The van der Waals surface area contributed by atoms with Gasteiger partial charge in [-0.1, -0.05) is 6.07 Å². The number of nitrogens with zero attached hydrogens (tertiary/aromatic N) is 2. The molecule has 24 heavy (non-hydrogen) atoms. The number of aryl methyl sites for hydroxylation is 1. The van der Waals surface area contributed by atoms with Gasteiger partial charge in [-0.05, 0) is 29.8 Å². The van der Waals surface area contributed by atoms with Gasteiger partial charge in [0.15, 0.2) is 0 Å². The van der Waals surface area contributed by atoms with Crippen molar-refractivity contribution < 1.29 is 9.53 Å². The standard InChI is InChI=1S/C18H17N3O3/c1-21-11-14(18(23)20-10-12-6-8-19-9-7-12)17(22)13-4-3-5-15(24-2)16(13)21/h3-9,11H,10H2,1-2H3,(H,20,23). The van der Waals surface area contributed by atoms with E-state index >= 15 is 0 Å². The van der Waals surface area contributed by atoms with E-state index in [1.165, 1.54) is 6.20 Å². The Morgan fingerprint density at radius 3 is 2.71 bits per heavy atom. The number of aromatic nitrogens is 2. The Bertz CT molecular complexity index is 949. The van der Waals surface area contributed by atoms with E-state index in [9.17, 15) is 9.59 Å². The van der Waals surface area contributed by atoms with E-state index < -0.39 is 5.91 Å². The highest BCUT2D eigenvalue weighted by Crippen LogP contribution is 2.22. The molecule has 0 saturated carbocycles. The van der Waals surface area contributed by atoms with E-state index in [1.54, 1.807) is 49.3 Å². The number of carbonyl (C=O) groups excluding carboxylic acids is 1. The van der Waals surface area contributed by atoms with Crippen molar-refractivity contribution in [2.75, 3.05) is 7.11 Å². The lowest BCUT2D eigenvalue weighted by molar-refractivity contribution is 0.0949. The lowest BCUT2D eigenvalue weighted by Crippen LogP contribution is -2.29. The summed E-state index contributed by atoms with van der Waals surface area (Å²) in [6, 6.07) is 8.83. The summed E-state index contributed by atoms with van der Waals surface area (Å²) in [6.45, 7) is 0.334. The first-order chi connectivity index (χ1) is 11.6. The fourth-order valence-electron chi connectivity index (χ4n) is 2.64. The number of fused-ring (bicyclic) bond motifs is 1. The molecule has 2 aromatic heterocycles. The molecule has 0 aliphatic rings. The summed E-state index contributed by atoms with van der Waals surface area (Å²) >= 11 is 0. The predicted octanol–water partition coefficient (Wildman–Crippen LogP) is 1.87. The van der Waals surface area contributed by atoms with Crippen LogP contribution >= 0.6 is 0 Å². The van der Waals surface area contributed by atoms with Gasteiger partial charge in [-0.25, -0.2) is 0 Å². The van der Waals surface area contributed by atoms with Crippen LogP contribution in [0.4, 0.5) is 0 Å². The molecule has 0 atom stereocenters. The number of methoxy groups -OCH3 is 1. The number of para-hydroxylation sites is 1. The number of hydrogen-bond acceptors (Lipinski definition) is 4. The quantitative estimate of drug-likeness (QED) is 0.795.